The van der Waals surface area contributed by atoms with E-state index in [1.54, 1.807) is 67.6 Å². The van der Waals surface area contributed by atoms with Crippen molar-refractivity contribution >= 4 is 17.5 Å². The number of aromatic nitrogens is 3. The van der Waals surface area contributed by atoms with E-state index in [1.807, 2.05) is 0 Å². The zero-order valence-corrected chi connectivity index (χ0v) is 18.2. The molecular formula is C25H17ClFN5O. The number of nitriles is 1. The lowest BCUT2D eigenvalue weighted by molar-refractivity contribution is 0.0934. The Balaban J connectivity index is 1.72. The molecule has 1 N–H and O–H groups in total. The van der Waals surface area contributed by atoms with Gasteiger partial charge in [-0.15, -0.1) is 0 Å². The zero-order valence-electron chi connectivity index (χ0n) is 17.5. The molecule has 1 amide bonds. The number of carbonyl (C=O) groups is 1. The highest BCUT2D eigenvalue weighted by Crippen LogP contribution is 2.25. The monoisotopic (exact) mass is 457 g/mol. The minimum absolute atomic E-state index is 0.149. The van der Waals surface area contributed by atoms with Crippen molar-refractivity contribution in [1.82, 2.24) is 20.3 Å². The Kier molecular flexibility index (Phi) is 6.38. The summed E-state index contributed by atoms with van der Waals surface area (Å²) in [6.07, 6.45) is 1.35. The van der Waals surface area contributed by atoms with Gasteiger partial charge in [-0.2, -0.15) is 9.65 Å². The number of pyridine rings is 1. The van der Waals surface area contributed by atoms with E-state index < -0.39 is 17.9 Å². The molecule has 0 bridgehead atoms. The van der Waals surface area contributed by atoms with Crippen molar-refractivity contribution in [3.8, 4) is 28.7 Å². The third-order valence-electron chi connectivity index (χ3n) is 4.97. The van der Waals surface area contributed by atoms with Crippen LogP contribution < -0.4 is 5.32 Å². The van der Waals surface area contributed by atoms with Crippen molar-refractivity contribution in [3.05, 3.63) is 101 Å². The molecule has 0 fully saturated rings. The van der Waals surface area contributed by atoms with Crippen molar-refractivity contribution in [2.45, 2.75) is 13.0 Å². The molecular weight excluding hydrogens is 441 g/mol. The topological polar surface area (TPSA) is 91.6 Å². The number of carbonyl (C=O) groups excluding carboxylic acids is 1. The van der Waals surface area contributed by atoms with Gasteiger partial charge in [-0.25, -0.2) is 15.0 Å². The standard InChI is InChI=1S/C25H17ClFN5O/c1-15(19-10-11-29-23(27)12-19)30-25(33)22-13-21(17-6-8-20(26)9-7-17)31-24(32-22)18-4-2-16(14-28)3-5-18/h2-13,15H,1H3,(H,30,33)/t15-/m0/s1. The molecule has 0 aliphatic rings. The van der Waals surface area contributed by atoms with E-state index in [0.717, 1.165) is 5.56 Å². The highest BCUT2D eigenvalue weighted by molar-refractivity contribution is 6.30. The van der Waals surface area contributed by atoms with E-state index in [1.165, 1.54) is 12.3 Å². The Labute approximate surface area is 194 Å². The van der Waals surface area contributed by atoms with Crippen LogP contribution >= 0.6 is 11.6 Å². The van der Waals surface area contributed by atoms with Crippen LogP contribution in [0.3, 0.4) is 0 Å². The Bertz CT molecular complexity index is 1350. The molecule has 2 heterocycles. The number of halogens is 2. The number of hydrogen-bond donors (Lipinski definition) is 1. The van der Waals surface area contributed by atoms with Crippen molar-refractivity contribution in [1.29, 1.82) is 5.26 Å². The summed E-state index contributed by atoms with van der Waals surface area (Å²) in [7, 11) is 0. The molecule has 0 spiro atoms. The predicted octanol–water partition coefficient (Wildman–Crippen LogP) is 5.36. The van der Waals surface area contributed by atoms with Crippen molar-refractivity contribution in [2.75, 3.05) is 0 Å². The minimum Gasteiger partial charge on any atom is -0.344 e. The third-order valence-corrected chi connectivity index (χ3v) is 5.22. The fourth-order valence-corrected chi connectivity index (χ4v) is 3.32. The van der Waals surface area contributed by atoms with Crippen LogP contribution in [0.4, 0.5) is 4.39 Å². The van der Waals surface area contributed by atoms with Crippen LogP contribution in [0.15, 0.2) is 72.9 Å². The van der Waals surface area contributed by atoms with Gasteiger partial charge in [0.15, 0.2) is 5.82 Å². The predicted molar refractivity (Wildman–Crippen MR) is 123 cm³/mol. The molecule has 162 valence electrons. The maximum atomic E-state index is 13.5. The summed E-state index contributed by atoms with van der Waals surface area (Å²) in [4.78, 5) is 25.7. The SMILES string of the molecule is C[C@H](NC(=O)c1cc(-c2ccc(Cl)cc2)nc(-c2ccc(C#N)cc2)n1)c1ccnc(F)c1. The lowest BCUT2D eigenvalue weighted by Gasteiger charge is -2.15. The third kappa shape index (κ3) is 5.20. The average Bonchev–Trinajstić information content (AvgIpc) is 2.84. The van der Waals surface area contributed by atoms with E-state index in [-0.39, 0.29) is 5.69 Å². The highest BCUT2D eigenvalue weighted by Gasteiger charge is 2.17. The van der Waals surface area contributed by atoms with Crippen molar-refractivity contribution in [2.24, 2.45) is 0 Å². The fraction of sp³-hybridized carbons (Fsp3) is 0.0800. The lowest BCUT2D eigenvalue weighted by Crippen LogP contribution is -2.28. The second kappa shape index (κ2) is 9.55. The molecule has 6 nitrogen and oxygen atoms in total. The number of nitrogens with zero attached hydrogens (tertiary/aromatic N) is 4. The largest absolute Gasteiger partial charge is 0.344 e. The van der Waals surface area contributed by atoms with E-state index >= 15 is 0 Å². The Morgan fingerprint density at radius 1 is 1.03 bits per heavy atom. The minimum atomic E-state index is -0.622. The van der Waals surface area contributed by atoms with Crippen LogP contribution in [-0.4, -0.2) is 20.9 Å². The normalized spacial score (nSPS) is 11.5. The van der Waals surface area contributed by atoms with Gasteiger partial charge < -0.3 is 5.32 Å². The van der Waals surface area contributed by atoms with Crippen LogP contribution in [-0.2, 0) is 0 Å². The number of amides is 1. The Morgan fingerprint density at radius 2 is 1.73 bits per heavy atom. The first-order chi connectivity index (χ1) is 15.9. The summed E-state index contributed by atoms with van der Waals surface area (Å²) in [5.41, 5.74) is 3.18. The van der Waals surface area contributed by atoms with Gasteiger partial charge in [0.05, 0.1) is 23.4 Å². The summed E-state index contributed by atoms with van der Waals surface area (Å²) >= 11 is 6.01. The van der Waals surface area contributed by atoms with Crippen LogP contribution in [0.25, 0.3) is 22.6 Å². The molecule has 2 aromatic carbocycles. The molecule has 2 aromatic heterocycles. The quantitative estimate of drug-likeness (QED) is 0.407. The van der Waals surface area contributed by atoms with E-state index in [9.17, 15) is 9.18 Å². The maximum Gasteiger partial charge on any atom is 0.270 e. The molecule has 0 saturated heterocycles. The van der Waals surface area contributed by atoms with E-state index in [0.29, 0.717) is 33.2 Å². The van der Waals surface area contributed by atoms with Gasteiger partial charge in [0, 0.05) is 22.3 Å². The molecule has 33 heavy (non-hydrogen) atoms. The highest BCUT2D eigenvalue weighted by atomic mass is 35.5. The van der Waals surface area contributed by atoms with E-state index in [2.05, 4.69) is 26.3 Å². The summed E-state index contributed by atoms with van der Waals surface area (Å²) in [5.74, 6) is -0.726. The zero-order chi connectivity index (χ0) is 23.4. The molecule has 0 unspecified atom stereocenters. The van der Waals surface area contributed by atoms with Crippen LogP contribution in [0.2, 0.25) is 5.02 Å². The van der Waals surface area contributed by atoms with Crippen molar-refractivity contribution < 1.29 is 9.18 Å². The first-order valence-corrected chi connectivity index (χ1v) is 10.4. The molecule has 4 rings (SSSR count). The Morgan fingerprint density at radius 3 is 2.39 bits per heavy atom. The van der Waals surface area contributed by atoms with Gasteiger partial charge in [-0.1, -0.05) is 23.7 Å². The van der Waals surface area contributed by atoms with Crippen molar-refractivity contribution in [3.63, 3.8) is 0 Å². The summed E-state index contributed by atoms with van der Waals surface area (Å²) in [6.45, 7) is 1.75. The van der Waals surface area contributed by atoms with Crippen LogP contribution in [0.5, 0.6) is 0 Å². The lowest BCUT2D eigenvalue weighted by atomic mass is 10.1. The summed E-state index contributed by atoms with van der Waals surface area (Å²) in [5, 5.41) is 12.5. The van der Waals surface area contributed by atoms with E-state index in [4.69, 9.17) is 16.9 Å². The first kappa shape index (κ1) is 22.1. The number of nitrogens with one attached hydrogen (secondary N) is 1. The first-order valence-electron chi connectivity index (χ1n) is 10.0. The van der Waals surface area contributed by atoms with Crippen LogP contribution in [0, 0.1) is 17.3 Å². The molecule has 0 radical (unpaired) electrons. The summed E-state index contributed by atoms with van der Waals surface area (Å²) < 4.78 is 13.5. The number of hydrogen-bond acceptors (Lipinski definition) is 5. The Hall–Kier alpha value is -4.15. The second-order valence-corrected chi connectivity index (χ2v) is 7.70. The summed E-state index contributed by atoms with van der Waals surface area (Å²) in [6, 6.07) is 19.9. The average molecular weight is 458 g/mol. The second-order valence-electron chi connectivity index (χ2n) is 7.27. The fourth-order valence-electron chi connectivity index (χ4n) is 3.20. The van der Waals surface area contributed by atoms with Gasteiger partial charge in [0.25, 0.3) is 5.91 Å². The smallest absolute Gasteiger partial charge is 0.270 e. The maximum absolute atomic E-state index is 13.5. The van der Waals surface area contributed by atoms with Crippen LogP contribution in [0.1, 0.15) is 34.6 Å². The van der Waals surface area contributed by atoms with Gasteiger partial charge in [0.2, 0.25) is 5.95 Å². The number of rotatable bonds is 5. The van der Waals surface area contributed by atoms with Gasteiger partial charge in [-0.05, 0) is 67.1 Å². The van der Waals surface area contributed by atoms with Gasteiger partial charge >= 0.3 is 0 Å². The van der Waals surface area contributed by atoms with Gasteiger partial charge in [-0.3, -0.25) is 4.79 Å². The molecule has 4 aromatic rings. The molecule has 0 aliphatic heterocycles. The molecule has 1 atom stereocenters. The molecule has 8 heteroatoms. The van der Waals surface area contributed by atoms with Gasteiger partial charge in [0.1, 0.15) is 5.69 Å². The molecule has 0 aliphatic carbocycles. The number of benzene rings is 2. The molecule has 0 saturated carbocycles.